The molecule has 1 heterocycles. The third-order valence-electron chi connectivity index (χ3n) is 5.57. The van der Waals surface area contributed by atoms with Crippen molar-refractivity contribution < 1.29 is 4.79 Å². The summed E-state index contributed by atoms with van der Waals surface area (Å²) in [5.74, 6) is 0.678. The van der Waals surface area contributed by atoms with Crippen molar-refractivity contribution in [2.24, 2.45) is 11.7 Å². The third-order valence-corrected chi connectivity index (χ3v) is 5.57. The number of primary amides is 1. The van der Waals surface area contributed by atoms with Crippen LogP contribution in [0.1, 0.15) is 65.7 Å². The monoisotopic (exact) mass is 295 g/mol. The zero-order valence-corrected chi connectivity index (χ0v) is 14.0. The van der Waals surface area contributed by atoms with Gasteiger partial charge in [-0.3, -0.25) is 9.69 Å². The first kappa shape index (κ1) is 16.8. The molecule has 0 aromatic carbocycles. The van der Waals surface area contributed by atoms with Crippen molar-refractivity contribution >= 4 is 5.91 Å². The second kappa shape index (κ2) is 7.10. The summed E-state index contributed by atoms with van der Waals surface area (Å²) < 4.78 is 0. The average molecular weight is 295 g/mol. The van der Waals surface area contributed by atoms with Gasteiger partial charge in [0, 0.05) is 12.1 Å². The van der Waals surface area contributed by atoms with Crippen LogP contribution in [0.4, 0.5) is 0 Å². The lowest BCUT2D eigenvalue weighted by Crippen LogP contribution is -2.62. The number of nitrogens with one attached hydrogen (secondary N) is 1. The van der Waals surface area contributed by atoms with E-state index in [0.29, 0.717) is 12.1 Å². The number of likely N-dealkylation sites (tertiary alicyclic amines) is 1. The van der Waals surface area contributed by atoms with E-state index in [0.717, 1.165) is 38.1 Å². The Morgan fingerprint density at radius 1 is 1.38 bits per heavy atom. The minimum absolute atomic E-state index is 0.154. The minimum atomic E-state index is -0.471. The Balaban J connectivity index is 2.06. The highest BCUT2D eigenvalue weighted by Crippen LogP contribution is 2.35. The molecule has 4 unspecified atom stereocenters. The van der Waals surface area contributed by atoms with Crippen LogP contribution in [-0.2, 0) is 4.79 Å². The van der Waals surface area contributed by atoms with Crippen molar-refractivity contribution in [3.8, 4) is 0 Å². The molecule has 2 aliphatic rings. The van der Waals surface area contributed by atoms with Crippen LogP contribution in [0, 0.1) is 5.92 Å². The van der Waals surface area contributed by atoms with Crippen LogP contribution in [0.5, 0.6) is 0 Å². The molecule has 3 N–H and O–H groups in total. The average Bonchev–Trinajstić information content (AvgIpc) is 2.45. The van der Waals surface area contributed by atoms with Crippen LogP contribution in [0.2, 0.25) is 0 Å². The predicted octanol–water partition coefficient (Wildman–Crippen LogP) is 2.27. The molecular weight excluding hydrogens is 262 g/mol. The van der Waals surface area contributed by atoms with Crippen LogP contribution in [0.15, 0.2) is 0 Å². The Hall–Kier alpha value is -0.610. The molecule has 1 amide bonds. The summed E-state index contributed by atoms with van der Waals surface area (Å²) in [6.07, 6.45) is 7.70. The Bertz CT molecular complexity index is 360. The van der Waals surface area contributed by atoms with Gasteiger partial charge in [-0.1, -0.05) is 13.8 Å². The third kappa shape index (κ3) is 3.78. The van der Waals surface area contributed by atoms with E-state index >= 15 is 0 Å². The van der Waals surface area contributed by atoms with E-state index in [1.165, 1.54) is 25.8 Å². The lowest BCUT2D eigenvalue weighted by Gasteiger charge is -2.48. The van der Waals surface area contributed by atoms with Crippen LogP contribution in [0.3, 0.4) is 0 Å². The summed E-state index contributed by atoms with van der Waals surface area (Å²) in [7, 11) is 0. The molecule has 1 saturated carbocycles. The molecule has 0 aromatic rings. The van der Waals surface area contributed by atoms with Gasteiger partial charge in [-0.25, -0.2) is 0 Å². The number of carbonyl (C=O) groups is 1. The lowest BCUT2D eigenvalue weighted by atomic mass is 9.76. The first-order valence-corrected chi connectivity index (χ1v) is 8.79. The maximum atomic E-state index is 12.1. The van der Waals surface area contributed by atoms with Gasteiger partial charge in [0.25, 0.3) is 0 Å². The standard InChI is InChI=1S/C17H33N3O/c1-4-9-19-17(16(18)21)8-5-6-15(12-17)20-10-7-13(2)11-14(20)3/h13-15,19H,4-12H2,1-3H3,(H2,18,21). The van der Waals surface area contributed by atoms with Crippen molar-refractivity contribution in [1.82, 2.24) is 10.2 Å². The summed E-state index contributed by atoms with van der Waals surface area (Å²) in [4.78, 5) is 14.7. The van der Waals surface area contributed by atoms with Crippen LogP contribution < -0.4 is 11.1 Å². The highest BCUT2D eigenvalue weighted by molar-refractivity contribution is 5.84. The second-order valence-corrected chi connectivity index (χ2v) is 7.34. The largest absolute Gasteiger partial charge is 0.368 e. The zero-order valence-electron chi connectivity index (χ0n) is 14.0. The summed E-state index contributed by atoms with van der Waals surface area (Å²) in [6, 6.07) is 1.15. The van der Waals surface area contributed by atoms with Gasteiger partial charge in [0.05, 0.1) is 5.54 Å². The van der Waals surface area contributed by atoms with Gasteiger partial charge in [0.2, 0.25) is 5.91 Å². The number of hydrogen-bond donors (Lipinski definition) is 2. The zero-order chi connectivity index (χ0) is 15.5. The number of carbonyl (C=O) groups excluding carboxylic acids is 1. The first-order valence-electron chi connectivity index (χ1n) is 8.79. The molecular formula is C17H33N3O. The maximum Gasteiger partial charge on any atom is 0.237 e. The Morgan fingerprint density at radius 2 is 2.14 bits per heavy atom. The summed E-state index contributed by atoms with van der Waals surface area (Å²) in [5.41, 5.74) is 5.30. The van der Waals surface area contributed by atoms with Gasteiger partial charge in [0.1, 0.15) is 0 Å². The molecule has 2 fully saturated rings. The quantitative estimate of drug-likeness (QED) is 0.818. The van der Waals surface area contributed by atoms with E-state index < -0.39 is 5.54 Å². The van der Waals surface area contributed by atoms with Crippen LogP contribution in [-0.4, -0.2) is 41.5 Å². The SMILES string of the molecule is CCCNC1(C(N)=O)CCCC(N2CCC(C)CC2C)C1. The van der Waals surface area contributed by atoms with Gasteiger partial charge >= 0.3 is 0 Å². The van der Waals surface area contributed by atoms with Crippen LogP contribution >= 0.6 is 0 Å². The summed E-state index contributed by atoms with van der Waals surface area (Å²) in [5, 5.41) is 3.48. The van der Waals surface area contributed by atoms with Crippen molar-refractivity contribution in [3.63, 3.8) is 0 Å². The Labute approximate surface area is 129 Å². The highest BCUT2D eigenvalue weighted by atomic mass is 16.1. The van der Waals surface area contributed by atoms with E-state index in [2.05, 4.69) is 31.0 Å². The second-order valence-electron chi connectivity index (χ2n) is 7.34. The smallest absolute Gasteiger partial charge is 0.237 e. The van der Waals surface area contributed by atoms with E-state index in [1.807, 2.05) is 0 Å². The van der Waals surface area contributed by atoms with E-state index in [9.17, 15) is 4.79 Å². The minimum Gasteiger partial charge on any atom is -0.368 e. The predicted molar refractivity (Wildman–Crippen MR) is 87.0 cm³/mol. The van der Waals surface area contributed by atoms with E-state index in [-0.39, 0.29) is 5.91 Å². The van der Waals surface area contributed by atoms with Gasteiger partial charge in [-0.05, 0) is 70.9 Å². The normalized spacial score (nSPS) is 38.3. The molecule has 0 bridgehead atoms. The first-order chi connectivity index (χ1) is 9.98. The molecule has 122 valence electrons. The van der Waals surface area contributed by atoms with Gasteiger partial charge < -0.3 is 11.1 Å². The number of amides is 1. The summed E-state index contributed by atoms with van der Waals surface area (Å²) in [6.45, 7) is 8.88. The number of hydrogen-bond acceptors (Lipinski definition) is 3. The van der Waals surface area contributed by atoms with E-state index in [4.69, 9.17) is 5.73 Å². The molecule has 1 saturated heterocycles. The molecule has 2 rings (SSSR count). The molecule has 4 nitrogen and oxygen atoms in total. The molecule has 0 radical (unpaired) electrons. The fraction of sp³-hybridized carbons (Fsp3) is 0.941. The highest BCUT2D eigenvalue weighted by Gasteiger charge is 2.43. The molecule has 1 aliphatic carbocycles. The lowest BCUT2D eigenvalue weighted by molar-refractivity contribution is -0.127. The summed E-state index contributed by atoms with van der Waals surface area (Å²) >= 11 is 0. The topological polar surface area (TPSA) is 58.4 Å². The van der Waals surface area contributed by atoms with Crippen molar-refractivity contribution in [2.75, 3.05) is 13.1 Å². The Kier molecular flexibility index (Phi) is 5.67. The van der Waals surface area contributed by atoms with Crippen molar-refractivity contribution in [3.05, 3.63) is 0 Å². The fourth-order valence-corrected chi connectivity index (χ4v) is 4.33. The van der Waals surface area contributed by atoms with Crippen molar-refractivity contribution in [1.29, 1.82) is 0 Å². The van der Waals surface area contributed by atoms with Gasteiger partial charge in [-0.2, -0.15) is 0 Å². The number of rotatable bonds is 5. The van der Waals surface area contributed by atoms with Gasteiger partial charge in [-0.15, -0.1) is 0 Å². The number of nitrogens with two attached hydrogens (primary N) is 1. The molecule has 4 heteroatoms. The van der Waals surface area contributed by atoms with Crippen LogP contribution in [0.25, 0.3) is 0 Å². The number of nitrogens with zero attached hydrogens (tertiary/aromatic N) is 1. The van der Waals surface area contributed by atoms with E-state index in [1.54, 1.807) is 0 Å². The molecule has 4 atom stereocenters. The maximum absolute atomic E-state index is 12.1. The molecule has 0 spiro atoms. The fourth-order valence-electron chi connectivity index (χ4n) is 4.33. The van der Waals surface area contributed by atoms with Crippen molar-refractivity contribution in [2.45, 2.75) is 83.3 Å². The van der Waals surface area contributed by atoms with Gasteiger partial charge in [0.15, 0.2) is 0 Å². The molecule has 1 aliphatic heterocycles. The Morgan fingerprint density at radius 3 is 2.76 bits per heavy atom. The molecule has 21 heavy (non-hydrogen) atoms. The number of piperidine rings is 1. The molecule has 0 aromatic heterocycles.